The molecular formula is C21H16F3N5O2. The Bertz CT molecular complexity index is 1270. The topological polar surface area (TPSA) is 105 Å². The molecule has 1 saturated heterocycles. The zero-order valence-electron chi connectivity index (χ0n) is 16.2. The summed E-state index contributed by atoms with van der Waals surface area (Å²) in [7, 11) is 1.59. The Morgan fingerprint density at radius 1 is 1.26 bits per heavy atom. The zero-order valence-corrected chi connectivity index (χ0v) is 16.2. The first-order valence-corrected chi connectivity index (χ1v) is 9.18. The number of aromatic nitrogens is 3. The molecular weight excluding hydrogens is 411 g/mol. The Morgan fingerprint density at radius 2 is 2.03 bits per heavy atom. The van der Waals surface area contributed by atoms with Crippen molar-refractivity contribution >= 4 is 22.6 Å². The highest BCUT2D eigenvalue weighted by Gasteiger charge is 2.42. The highest BCUT2D eigenvalue weighted by Crippen LogP contribution is 2.36. The van der Waals surface area contributed by atoms with E-state index in [1.807, 2.05) is 0 Å². The normalized spacial score (nSPS) is 18.9. The summed E-state index contributed by atoms with van der Waals surface area (Å²) in [5.74, 6) is 4.71. The number of hydrogen-bond acceptors (Lipinski definition) is 6. The Labute approximate surface area is 174 Å². The van der Waals surface area contributed by atoms with Crippen molar-refractivity contribution in [1.82, 2.24) is 19.9 Å². The number of nitrogen functional groups attached to an aromatic ring is 1. The molecule has 2 aromatic heterocycles. The Morgan fingerprint density at radius 3 is 2.71 bits per heavy atom. The number of nitrogens with two attached hydrogens (primary N) is 1. The Kier molecular flexibility index (Phi) is 4.78. The van der Waals surface area contributed by atoms with E-state index >= 15 is 0 Å². The smallest absolute Gasteiger partial charge is 0.383 e. The van der Waals surface area contributed by atoms with Gasteiger partial charge in [0.15, 0.2) is 5.82 Å². The van der Waals surface area contributed by atoms with Crippen molar-refractivity contribution in [3.63, 3.8) is 0 Å². The molecule has 3 N–H and O–H groups in total. The predicted molar refractivity (Wildman–Crippen MR) is 106 cm³/mol. The van der Waals surface area contributed by atoms with Gasteiger partial charge in [0, 0.05) is 37.3 Å². The second kappa shape index (κ2) is 7.21. The van der Waals surface area contributed by atoms with Crippen LogP contribution in [0.4, 0.5) is 19.0 Å². The number of likely N-dealkylation sites (tertiary alicyclic amines) is 1. The largest absolute Gasteiger partial charge is 0.418 e. The van der Waals surface area contributed by atoms with Gasteiger partial charge in [-0.1, -0.05) is 24.0 Å². The molecule has 1 amide bonds. The maximum atomic E-state index is 13.3. The summed E-state index contributed by atoms with van der Waals surface area (Å²) >= 11 is 0. The van der Waals surface area contributed by atoms with Crippen molar-refractivity contribution in [2.24, 2.45) is 0 Å². The molecule has 4 rings (SSSR count). The van der Waals surface area contributed by atoms with Crippen LogP contribution in [0.5, 0.6) is 0 Å². The van der Waals surface area contributed by atoms with Gasteiger partial charge in [-0.3, -0.25) is 9.78 Å². The molecule has 3 heterocycles. The summed E-state index contributed by atoms with van der Waals surface area (Å²) in [6.07, 6.45) is -2.57. The van der Waals surface area contributed by atoms with Crippen LogP contribution in [0.2, 0.25) is 0 Å². The van der Waals surface area contributed by atoms with Crippen LogP contribution < -0.4 is 5.73 Å². The van der Waals surface area contributed by atoms with Gasteiger partial charge < -0.3 is 15.7 Å². The molecule has 0 unspecified atom stereocenters. The van der Waals surface area contributed by atoms with Crippen LogP contribution in [0, 0.1) is 11.8 Å². The van der Waals surface area contributed by atoms with Crippen LogP contribution in [-0.2, 0) is 11.0 Å². The molecule has 7 nitrogen and oxygen atoms in total. The molecule has 1 fully saturated rings. The Balaban J connectivity index is 1.74. The number of carbonyl (C=O) groups excluding carboxylic acids is 1. The van der Waals surface area contributed by atoms with Crippen molar-refractivity contribution < 1.29 is 23.1 Å². The van der Waals surface area contributed by atoms with E-state index in [0.29, 0.717) is 23.9 Å². The quantitative estimate of drug-likeness (QED) is 0.577. The van der Waals surface area contributed by atoms with Gasteiger partial charge in [0.05, 0.1) is 22.7 Å². The molecule has 1 atom stereocenters. The fourth-order valence-electron chi connectivity index (χ4n) is 3.34. The van der Waals surface area contributed by atoms with Crippen molar-refractivity contribution in [1.29, 1.82) is 0 Å². The lowest BCUT2D eigenvalue weighted by atomic mass is 10.0. The number of carbonyl (C=O) groups is 1. The average molecular weight is 427 g/mol. The number of fused-ring (bicyclic) bond motifs is 1. The number of rotatable bonds is 1. The lowest BCUT2D eigenvalue weighted by Gasteiger charge is -2.13. The summed E-state index contributed by atoms with van der Waals surface area (Å²) in [5, 5.41) is 10.1. The van der Waals surface area contributed by atoms with Gasteiger partial charge in [-0.05, 0) is 12.1 Å². The summed E-state index contributed by atoms with van der Waals surface area (Å²) < 4.78 is 39.8. The maximum absolute atomic E-state index is 13.3. The van der Waals surface area contributed by atoms with E-state index in [1.54, 1.807) is 31.3 Å². The van der Waals surface area contributed by atoms with Crippen LogP contribution >= 0.6 is 0 Å². The summed E-state index contributed by atoms with van der Waals surface area (Å²) in [6.45, 7) is 0.405. The number of hydrogen-bond donors (Lipinski definition) is 2. The van der Waals surface area contributed by atoms with Gasteiger partial charge >= 0.3 is 6.18 Å². The third-order valence-corrected chi connectivity index (χ3v) is 4.98. The van der Waals surface area contributed by atoms with Crippen molar-refractivity contribution in [2.45, 2.75) is 18.2 Å². The minimum absolute atomic E-state index is 0.0392. The number of pyridine rings is 1. The molecule has 0 spiro atoms. The minimum atomic E-state index is -4.65. The van der Waals surface area contributed by atoms with E-state index in [4.69, 9.17) is 5.73 Å². The first-order chi connectivity index (χ1) is 14.6. The number of alkyl halides is 3. The standard InChI is InChI=1S/C21H16F3N5O2/c1-29-8-7-20(31,19(29)30)6-5-12-3-2-4-13(9-12)18-27-15-11-26-10-14(21(22,23)24)16(15)17(25)28-18/h2-4,9-11,31H,7-8H2,1H3,(H2,25,27,28)/t20-/m0/s1. The summed E-state index contributed by atoms with van der Waals surface area (Å²) in [5.41, 5.74) is 3.98. The van der Waals surface area contributed by atoms with Crippen molar-refractivity contribution in [2.75, 3.05) is 19.3 Å². The predicted octanol–water partition coefficient (Wildman–Crippen LogP) is 2.24. The molecule has 0 saturated carbocycles. The van der Waals surface area contributed by atoms with Crippen molar-refractivity contribution in [3.8, 4) is 23.2 Å². The third kappa shape index (κ3) is 3.75. The molecule has 3 aromatic rings. The van der Waals surface area contributed by atoms with E-state index in [-0.39, 0.29) is 29.0 Å². The van der Waals surface area contributed by atoms with Crippen LogP contribution in [0.1, 0.15) is 17.5 Å². The first-order valence-electron chi connectivity index (χ1n) is 9.18. The van der Waals surface area contributed by atoms with Gasteiger partial charge in [0.2, 0.25) is 5.60 Å². The lowest BCUT2D eigenvalue weighted by Crippen LogP contribution is -2.37. The van der Waals surface area contributed by atoms with Crippen molar-refractivity contribution in [3.05, 3.63) is 47.8 Å². The highest BCUT2D eigenvalue weighted by molar-refractivity contribution is 5.92. The fraction of sp³-hybridized carbons (Fsp3) is 0.238. The van der Waals surface area contributed by atoms with Crippen LogP contribution in [0.25, 0.3) is 22.3 Å². The second-order valence-electron chi connectivity index (χ2n) is 7.18. The van der Waals surface area contributed by atoms with Crippen LogP contribution in [0.15, 0.2) is 36.7 Å². The molecule has 0 aliphatic carbocycles. The van der Waals surface area contributed by atoms with E-state index in [1.165, 1.54) is 11.1 Å². The summed E-state index contributed by atoms with van der Waals surface area (Å²) in [4.78, 5) is 25.3. The van der Waals surface area contributed by atoms with Crippen LogP contribution in [0.3, 0.4) is 0 Å². The van der Waals surface area contributed by atoms with Gasteiger partial charge in [0.25, 0.3) is 5.91 Å². The molecule has 1 aromatic carbocycles. The fourth-order valence-corrected chi connectivity index (χ4v) is 3.34. The lowest BCUT2D eigenvalue weighted by molar-refractivity contribution is -0.137. The number of benzene rings is 1. The molecule has 10 heteroatoms. The number of likely N-dealkylation sites (N-methyl/N-ethyl adjacent to an activating group) is 1. The molecule has 31 heavy (non-hydrogen) atoms. The average Bonchev–Trinajstić information content (AvgIpc) is 2.99. The third-order valence-electron chi connectivity index (χ3n) is 4.98. The monoisotopic (exact) mass is 427 g/mol. The molecule has 158 valence electrons. The zero-order chi connectivity index (χ0) is 22.4. The van der Waals surface area contributed by atoms with E-state index in [2.05, 4.69) is 26.8 Å². The van der Waals surface area contributed by atoms with Crippen LogP contribution in [-0.4, -0.2) is 50.1 Å². The van der Waals surface area contributed by atoms with Gasteiger partial charge in [-0.25, -0.2) is 9.97 Å². The van der Waals surface area contributed by atoms with E-state index in [9.17, 15) is 23.1 Å². The molecule has 0 bridgehead atoms. The van der Waals surface area contributed by atoms with Gasteiger partial charge in [-0.2, -0.15) is 13.2 Å². The first kappa shape index (κ1) is 20.6. The number of amides is 1. The van der Waals surface area contributed by atoms with E-state index < -0.39 is 23.2 Å². The number of nitrogens with zero attached hydrogens (tertiary/aromatic N) is 4. The molecule has 1 aliphatic heterocycles. The molecule has 1 aliphatic rings. The molecule has 0 radical (unpaired) electrons. The highest BCUT2D eigenvalue weighted by atomic mass is 19.4. The number of anilines is 1. The number of halogens is 3. The maximum Gasteiger partial charge on any atom is 0.418 e. The number of aliphatic hydroxyl groups is 1. The van der Waals surface area contributed by atoms with E-state index in [0.717, 1.165) is 0 Å². The minimum Gasteiger partial charge on any atom is -0.383 e. The van der Waals surface area contributed by atoms with Gasteiger partial charge in [-0.15, -0.1) is 0 Å². The summed E-state index contributed by atoms with van der Waals surface area (Å²) in [6, 6.07) is 6.56. The Hall–Kier alpha value is -3.71. The van der Waals surface area contributed by atoms with Gasteiger partial charge in [0.1, 0.15) is 5.82 Å². The second-order valence-corrected chi connectivity index (χ2v) is 7.18. The SMILES string of the molecule is CN1CC[C@@](O)(C#Cc2cccc(-c3nc(N)c4c(C(F)(F)F)cncc4n3)c2)C1=O.